The molecule has 2 aliphatic heterocycles. The number of nitrogens with one attached hydrogen (secondary N) is 2. The Bertz CT molecular complexity index is 556. The van der Waals surface area contributed by atoms with Crippen molar-refractivity contribution in [1.29, 1.82) is 0 Å². The summed E-state index contributed by atoms with van der Waals surface area (Å²) in [5, 5.41) is 13.2. The summed E-state index contributed by atoms with van der Waals surface area (Å²) in [5.74, 6) is -1.73. The van der Waals surface area contributed by atoms with Gasteiger partial charge < -0.3 is 10.4 Å². The van der Waals surface area contributed by atoms with Crippen LogP contribution in [0, 0.1) is 0 Å². The third-order valence-corrected chi connectivity index (χ3v) is 3.37. The fourth-order valence-corrected chi connectivity index (χ4v) is 2.40. The molecule has 0 aliphatic carbocycles. The molecule has 0 saturated carbocycles. The van der Waals surface area contributed by atoms with Crippen LogP contribution in [0.3, 0.4) is 0 Å². The summed E-state index contributed by atoms with van der Waals surface area (Å²) in [6.45, 7) is 0. The van der Waals surface area contributed by atoms with E-state index >= 15 is 0 Å². The van der Waals surface area contributed by atoms with Gasteiger partial charge in [0.25, 0.3) is 5.91 Å². The predicted molar refractivity (Wildman–Crippen MR) is 66.4 cm³/mol. The van der Waals surface area contributed by atoms with Gasteiger partial charge in [-0.3, -0.25) is 9.80 Å². The van der Waals surface area contributed by atoms with E-state index in [-0.39, 0.29) is 17.8 Å². The van der Waals surface area contributed by atoms with Crippen LogP contribution >= 0.6 is 0 Å². The van der Waals surface area contributed by atoms with Crippen LogP contribution in [0.2, 0.25) is 0 Å². The molecule has 1 fully saturated rings. The van der Waals surface area contributed by atoms with E-state index in [1.807, 2.05) is 30.3 Å². The first-order valence-electron chi connectivity index (χ1n) is 6.01. The second-order valence-electron chi connectivity index (χ2n) is 4.55. The lowest BCUT2D eigenvalue weighted by atomic mass is 10.0. The minimum atomic E-state index is -1.22. The summed E-state index contributed by atoms with van der Waals surface area (Å²) < 4.78 is 0. The molecule has 0 radical (unpaired) electrons. The lowest BCUT2D eigenvalue weighted by Gasteiger charge is -2.28. The Kier molecular flexibility index (Phi) is 2.72. The van der Waals surface area contributed by atoms with Gasteiger partial charge in [0.1, 0.15) is 11.7 Å². The van der Waals surface area contributed by atoms with Crippen LogP contribution in [0.25, 0.3) is 0 Å². The van der Waals surface area contributed by atoms with Crippen molar-refractivity contribution in [2.24, 2.45) is 0 Å². The number of carboxylic acid groups (broad SMARTS) is 1. The number of nitrogens with zero attached hydrogens (tertiary/aromatic N) is 1. The van der Waals surface area contributed by atoms with Crippen molar-refractivity contribution in [3.05, 3.63) is 47.7 Å². The first kappa shape index (κ1) is 11.7. The number of carboxylic acids is 1. The Morgan fingerprint density at radius 1 is 1.32 bits per heavy atom. The van der Waals surface area contributed by atoms with Crippen LogP contribution in [-0.4, -0.2) is 28.2 Å². The lowest BCUT2D eigenvalue weighted by Crippen LogP contribution is -2.52. The van der Waals surface area contributed by atoms with Crippen molar-refractivity contribution in [2.75, 3.05) is 0 Å². The molecule has 3 rings (SSSR count). The Morgan fingerprint density at radius 3 is 2.74 bits per heavy atom. The molecule has 98 valence electrons. The van der Waals surface area contributed by atoms with Crippen LogP contribution < -0.4 is 10.7 Å². The summed E-state index contributed by atoms with van der Waals surface area (Å²) in [4.78, 5) is 22.9. The quantitative estimate of drug-likeness (QED) is 0.668. The van der Waals surface area contributed by atoms with Crippen molar-refractivity contribution in [3.63, 3.8) is 0 Å². The SMILES string of the molecule is O=C(O)C1=CNC2CC(c3ccccc3)NN2C1=O. The molecule has 0 bridgehead atoms. The van der Waals surface area contributed by atoms with E-state index in [1.165, 1.54) is 11.2 Å². The summed E-state index contributed by atoms with van der Waals surface area (Å²) in [6, 6.07) is 9.76. The molecule has 2 aliphatic rings. The average Bonchev–Trinajstić information content (AvgIpc) is 2.85. The second-order valence-corrected chi connectivity index (χ2v) is 4.55. The molecule has 1 amide bonds. The molecule has 0 spiro atoms. The van der Waals surface area contributed by atoms with E-state index in [0.29, 0.717) is 6.42 Å². The average molecular weight is 259 g/mol. The van der Waals surface area contributed by atoms with Crippen LogP contribution in [0.4, 0.5) is 0 Å². The Labute approximate surface area is 109 Å². The fourth-order valence-electron chi connectivity index (χ4n) is 2.40. The van der Waals surface area contributed by atoms with Gasteiger partial charge in [0.15, 0.2) is 0 Å². The van der Waals surface area contributed by atoms with Crippen molar-refractivity contribution in [2.45, 2.75) is 18.6 Å². The van der Waals surface area contributed by atoms with Crippen molar-refractivity contribution in [3.8, 4) is 0 Å². The molecule has 6 heteroatoms. The number of hydrazine groups is 1. The fraction of sp³-hybridized carbons (Fsp3) is 0.231. The predicted octanol–water partition coefficient (Wildman–Crippen LogP) is 0.362. The molecule has 2 atom stereocenters. The highest BCUT2D eigenvalue weighted by Gasteiger charge is 2.40. The van der Waals surface area contributed by atoms with Gasteiger partial charge in [-0.1, -0.05) is 30.3 Å². The van der Waals surface area contributed by atoms with Gasteiger partial charge >= 0.3 is 5.97 Å². The number of fused-ring (bicyclic) bond motifs is 1. The maximum atomic E-state index is 12.0. The van der Waals surface area contributed by atoms with E-state index in [2.05, 4.69) is 10.7 Å². The van der Waals surface area contributed by atoms with Crippen molar-refractivity contribution in [1.82, 2.24) is 15.8 Å². The van der Waals surface area contributed by atoms with Gasteiger partial charge in [-0.25, -0.2) is 10.2 Å². The molecule has 2 unspecified atom stereocenters. The molecular formula is C13H13N3O3. The highest BCUT2D eigenvalue weighted by molar-refractivity contribution is 6.15. The zero-order valence-corrected chi connectivity index (χ0v) is 10.0. The standard InChI is InChI=1S/C13H13N3O3/c17-12-9(13(18)19)7-14-11-6-10(15-16(11)12)8-4-2-1-3-5-8/h1-5,7,10-11,14-15H,6H2,(H,18,19). The molecule has 19 heavy (non-hydrogen) atoms. The van der Waals surface area contributed by atoms with Gasteiger partial charge in [-0.05, 0) is 5.56 Å². The van der Waals surface area contributed by atoms with Crippen molar-refractivity contribution < 1.29 is 14.7 Å². The van der Waals surface area contributed by atoms with Crippen LogP contribution in [0.5, 0.6) is 0 Å². The first-order chi connectivity index (χ1) is 9.16. The van der Waals surface area contributed by atoms with Crippen LogP contribution in [-0.2, 0) is 9.59 Å². The summed E-state index contributed by atoms with van der Waals surface area (Å²) in [6.07, 6.45) is 1.76. The highest BCUT2D eigenvalue weighted by atomic mass is 16.4. The number of benzene rings is 1. The Hall–Kier alpha value is -2.34. The molecule has 0 aromatic heterocycles. The molecule has 6 nitrogen and oxygen atoms in total. The minimum absolute atomic E-state index is 0.00388. The van der Waals surface area contributed by atoms with E-state index in [9.17, 15) is 9.59 Å². The molecule has 3 N–H and O–H groups in total. The largest absolute Gasteiger partial charge is 0.477 e. The van der Waals surface area contributed by atoms with Gasteiger partial charge in [-0.2, -0.15) is 0 Å². The maximum Gasteiger partial charge on any atom is 0.342 e. The van der Waals surface area contributed by atoms with Crippen LogP contribution in [0.1, 0.15) is 18.0 Å². The zero-order valence-electron chi connectivity index (χ0n) is 10.0. The molecule has 1 aromatic rings. The summed E-state index contributed by atoms with van der Waals surface area (Å²) in [5.41, 5.74) is 3.88. The van der Waals surface area contributed by atoms with Crippen LogP contribution in [0.15, 0.2) is 42.1 Å². The smallest absolute Gasteiger partial charge is 0.342 e. The summed E-state index contributed by atoms with van der Waals surface area (Å²) in [7, 11) is 0. The molecule has 2 heterocycles. The van der Waals surface area contributed by atoms with Gasteiger partial charge in [0.05, 0.1) is 6.04 Å². The van der Waals surface area contributed by atoms with E-state index < -0.39 is 11.9 Å². The zero-order chi connectivity index (χ0) is 13.4. The third-order valence-electron chi connectivity index (χ3n) is 3.37. The van der Waals surface area contributed by atoms with Gasteiger partial charge in [-0.15, -0.1) is 0 Å². The number of aliphatic carboxylic acids is 1. The number of hydrogen-bond acceptors (Lipinski definition) is 4. The summed E-state index contributed by atoms with van der Waals surface area (Å²) >= 11 is 0. The van der Waals surface area contributed by atoms with Crippen molar-refractivity contribution >= 4 is 11.9 Å². The third kappa shape index (κ3) is 1.96. The normalized spacial score (nSPS) is 25.6. The van der Waals surface area contributed by atoms with Gasteiger partial charge in [0.2, 0.25) is 0 Å². The Morgan fingerprint density at radius 2 is 2.05 bits per heavy atom. The molecular weight excluding hydrogens is 246 g/mol. The van der Waals surface area contributed by atoms with E-state index in [4.69, 9.17) is 5.11 Å². The first-order valence-corrected chi connectivity index (χ1v) is 6.01. The number of rotatable bonds is 2. The highest BCUT2D eigenvalue weighted by Crippen LogP contribution is 2.28. The number of hydrogen-bond donors (Lipinski definition) is 3. The number of carbonyl (C=O) groups is 2. The number of carbonyl (C=O) groups excluding carboxylic acids is 1. The van der Waals surface area contributed by atoms with E-state index in [1.54, 1.807) is 0 Å². The number of amides is 1. The maximum absolute atomic E-state index is 12.0. The van der Waals surface area contributed by atoms with E-state index in [0.717, 1.165) is 5.56 Å². The lowest BCUT2D eigenvalue weighted by molar-refractivity contribution is -0.140. The topological polar surface area (TPSA) is 81.7 Å². The molecule has 1 saturated heterocycles. The minimum Gasteiger partial charge on any atom is -0.477 e. The second kappa shape index (κ2) is 4.40. The van der Waals surface area contributed by atoms with Gasteiger partial charge in [0, 0.05) is 12.6 Å². The molecule has 1 aromatic carbocycles. The monoisotopic (exact) mass is 259 g/mol. The Balaban J connectivity index is 1.81.